The van der Waals surface area contributed by atoms with E-state index >= 15 is 0 Å². The van der Waals surface area contributed by atoms with Crippen molar-refractivity contribution in [1.82, 2.24) is 4.57 Å². The highest BCUT2D eigenvalue weighted by Crippen LogP contribution is 2.35. The Morgan fingerprint density at radius 2 is 1.61 bits per heavy atom. The van der Waals surface area contributed by atoms with Crippen LogP contribution in [0.2, 0.25) is 0 Å². The maximum Gasteiger partial charge on any atom is 0.253 e. The van der Waals surface area contributed by atoms with Crippen LogP contribution in [-0.4, -0.2) is 14.1 Å². The smallest absolute Gasteiger partial charge is 0.253 e. The molecule has 142 valence electrons. The van der Waals surface area contributed by atoms with E-state index < -0.39 is 21.2 Å². The Kier molecular flexibility index (Phi) is 4.82. The summed E-state index contributed by atoms with van der Waals surface area (Å²) >= 11 is 17.2. The van der Waals surface area contributed by atoms with Crippen LogP contribution < -0.4 is 0 Å². The van der Waals surface area contributed by atoms with Crippen molar-refractivity contribution < 1.29 is 13.6 Å². The van der Waals surface area contributed by atoms with Crippen molar-refractivity contribution in [3.8, 4) is 0 Å². The second kappa shape index (κ2) is 7.03. The second-order valence-electron chi connectivity index (χ2n) is 6.46. The zero-order chi connectivity index (χ0) is 20.1. The van der Waals surface area contributed by atoms with Crippen molar-refractivity contribution in [2.24, 2.45) is 0 Å². The van der Waals surface area contributed by atoms with Crippen molar-refractivity contribution >= 4 is 62.3 Å². The third-order valence-electron chi connectivity index (χ3n) is 4.59. The highest BCUT2D eigenvalue weighted by atomic mass is 35.6. The first-order valence-electron chi connectivity index (χ1n) is 8.31. The first kappa shape index (κ1) is 19.2. The topological polar surface area (TPSA) is 22.0 Å². The molecule has 3 aromatic carbocycles. The van der Waals surface area contributed by atoms with E-state index in [2.05, 4.69) is 0 Å². The Morgan fingerprint density at radius 1 is 0.929 bits per heavy atom. The highest BCUT2D eigenvalue weighted by Gasteiger charge is 2.34. The van der Waals surface area contributed by atoms with Gasteiger partial charge in [-0.25, -0.2) is 8.78 Å². The first-order valence-corrected chi connectivity index (χ1v) is 9.44. The Balaban J connectivity index is 1.85. The number of alkyl halides is 3. The van der Waals surface area contributed by atoms with Gasteiger partial charge in [-0.15, -0.1) is 0 Å². The molecule has 0 fully saturated rings. The first-order chi connectivity index (χ1) is 13.2. The number of fused-ring (bicyclic) bond motifs is 2. The van der Waals surface area contributed by atoms with Crippen LogP contribution in [0.5, 0.6) is 0 Å². The summed E-state index contributed by atoms with van der Waals surface area (Å²) < 4.78 is 27.1. The molecule has 0 N–H and O–H groups in total. The number of carbonyl (C=O) groups excluding carboxylic acids is 1. The minimum atomic E-state index is -2.20. The Bertz CT molecular complexity index is 1230. The zero-order valence-corrected chi connectivity index (χ0v) is 16.5. The highest BCUT2D eigenvalue weighted by molar-refractivity contribution is 6.77. The Hall–Kier alpha value is -2.14. The van der Waals surface area contributed by atoms with E-state index in [9.17, 15) is 13.6 Å². The fraction of sp³-hybridized carbons (Fsp3) is 0.0952. The van der Waals surface area contributed by atoms with Gasteiger partial charge in [-0.05, 0) is 28.5 Å². The van der Waals surface area contributed by atoms with E-state index in [1.807, 2.05) is 42.5 Å². The van der Waals surface area contributed by atoms with Gasteiger partial charge in [-0.3, -0.25) is 4.79 Å². The fourth-order valence-electron chi connectivity index (χ4n) is 3.28. The molecule has 0 bridgehead atoms. The quantitative estimate of drug-likeness (QED) is 0.258. The number of ketones is 1. The molecule has 0 amide bonds. The molecule has 0 radical (unpaired) electrons. The molecule has 2 nitrogen and oxygen atoms in total. The van der Waals surface area contributed by atoms with Crippen LogP contribution >= 0.6 is 34.8 Å². The number of aromatic nitrogens is 1. The summed E-state index contributed by atoms with van der Waals surface area (Å²) in [6.07, 6.45) is 1.46. The van der Waals surface area contributed by atoms with Gasteiger partial charge in [0.1, 0.15) is 0 Å². The maximum absolute atomic E-state index is 13.9. The monoisotopic (exact) mass is 437 g/mol. The van der Waals surface area contributed by atoms with Crippen molar-refractivity contribution in [3.63, 3.8) is 0 Å². The molecule has 0 saturated heterocycles. The van der Waals surface area contributed by atoms with Crippen LogP contribution in [-0.2, 0) is 6.54 Å². The van der Waals surface area contributed by atoms with Gasteiger partial charge in [0, 0.05) is 29.8 Å². The van der Waals surface area contributed by atoms with Gasteiger partial charge >= 0.3 is 0 Å². The predicted molar refractivity (Wildman–Crippen MR) is 110 cm³/mol. The lowest BCUT2D eigenvalue weighted by molar-refractivity contribution is 0.0997. The number of halogens is 5. The van der Waals surface area contributed by atoms with Crippen LogP contribution in [0.3, 0.4) is 0 Å². The van der Waals surface area contributed by atoms with E-state index in [0.29, 0.717) is 12.1 Å². The van der Waals surface area contributed by atoms with Crippen LogP contribution in [0, 0.1) is 11.6 Å². The van der Waals surface area contributed by atoms with E-state index in [4.69, 9.17) is 34.8 Å². The van der Waals surface area contributed by atoms with Crippen molar-refractivity contribution in [2.45, 2.75) is 10.3 Å². The molecule has 1 aromatic heterocycles. The molecule has 0 aliphatic rings. The molecule has 7 heteroatoms. The van der Waals surface area contributed by atoms with Gasteiger partial charge in [0.05, 0.1) is 5.52 Å². The van der Waals surface area contributed by atoms with E-state index in [0.717, 1.165) is 28.5 Å². The average molecular weight is 439 g/mol. The molecular weight excluding hydrogens is 427 g/mol. The van der Waals surface area contributed by atoms with Crippen molar-refractivity contribution in [2.75, 3.05) is 0 Å². The Morgan fingerprint density at radius 3 is 2.32 bits per heavy atom. The molecule has 0 aliphatic heterocycles. The lowest BCUT2D eigenvalue weighted by Crippen LogP contribution is -2.18. The molecule has 0 unspecified atom stereocenters. The minimum Gasteiger partial charge on any atom is -0.342 e. The molecule has 1 heterocycles. The average Bonchev–Trinajstić information content (AvgIpc) is 2.98. The number of benzene rings is 3. The normalized spacial score (nSPS) is 12.0. The van der Waals surface area contributed by atoms with Crippen molar-refractivity contribution in [3.05, 3.63) is 83.6 Å². The largest absolute Gasteiger partial charge is 0.342 e. The summed E-state index contributed by atoms with van der Waals surface area (Å²) in [5.41, 5.74) is 1.28. The summed E-state index contributed by atoms with van der Waals surface area (Å²) in [7, 11) is 0. The van der Waals surface area contributed by atoms with E-state index in [-0.39, 0.29) is 10.9 Å². The number of hydrogen-bond donors (Lipinski definition) is 0. The predicted octanol–water partition coefficient (Wildman–Crippen LogP) is 6.67. The second-order valence-corrected chi connectivity index (χ2v) is 8.74. The summed E-state index contributed by atoms with van der Waals surface area (Å²) in [4.78, 5) is 12.5. The lowest BCUT2D eigenvalue weighted by Gasteiger charge is -2.08. The number of Topliss-reactive ketones (excluding diaryl/α,β-unsaturated/α-hetero) is 1. The SMILES string of the molecule is O=C(c1cn(Cc2ccc3ccccc3c2)c2cc(F)c(F)cc12)C(Cl)(Cl)Cl. The third-order valence-corrected chi connectivity index (χ3v) is 5.11. The standard InChI is InChI=1S/C21H12Cl3F2NO/c22-21(23,24)20(28)16-11-27(19-9-18(26)17(25)8-15(16)19)10-12-5-6-13-3-1-2-4-14(13)7-12/h1-9,11H,10H2. The van der Waals surface area contributed by atoms with Crippen molar-refractivity contribution in [1.29, 1.82) is 0 Å². The molecular formula is C21H12Cl3F2NO. The Labute approximate surface area is 174 Å². The number of hydrogen-bond acceptors (Lipinski definition) is 1. The zero-order valence-electron chi connectivity index (χ0n) is 14.2. The molecule has 0 spiro atoms. The van der Waals surface area contributed by atoms with Crippen LogP contribution in [0.1, 0.15) is 15.9 Å². The molecule has 0 aliphatic carbocycles. The summed E-state index contributed by atoms with van der Waals surface area (Å²) in [5.74, 6) is -2.89. The molecule has 28 heavy (non-hydrogen) atoms. The van der Waals surface area contributed by atoms with Crippen LogP contribution in [0.4, 0.5) is 8.78 Å². The van der Waals surface area contributed by atoms with Gasteiger partial charge in [-0.2, -0.15) is 0 Å². The van der Waals surface area contributed by atoms with Gasteiger partial charge in [-0.1, -0.05) is 71.2 Å². The van der Waals surface area contributed by atoms with Gasteiger partial charge in [0.2, 0.25) is 5.78 Å². The lowest BCUT2D eigenvalue weighted by atomic mass is 10.1. The van der Waals surface area contributed by atoms with E-state index in [1.54, 1.807) is 4.57 Å². The van der Waals surface area contributed by atoms with E-state index in [1.165, 1.54) is 6.20 Å². The summed E-state index contributed by atoms with van der Waals surface area (Å²) in [6, 6.07) is 15.8. The third kappa shape index (κ3) is 3.48. The van der Waals surface area contributed by atoms with Gasteiger partial charge < -0.3 is 4.57 Å². The van der Waals surface area contributed by atoms with Crippen LogP contribution in [0.15, 0.2) is 60.8 Å². The number of rotatable bonds is 3. The maximum atomic E-state index is 13.9. The molecule has 4 rings (SSSR count). The van der Waals surface area contributed by atoms with Gasteiger partial charge in [0.25, 0.3) is 3.79 Å². The molecule has 4 aromatic rings. The summed E-state index contributed by atoms with van der Waals surface area (Å²) in [5, 5.41) is 2.33. The summed E-state index contributed by atoms with van der Waals surface area (Å²) in [6.45, 7) is 0.333. The number of nitrogens with zero attached hydrogens (tertiary/aromatic N) is 1. The van der Waals surface area contributed by atoms with Gasteiger partial charge in [0.15, 0.2) is 11.6 Å². The number of carbonyl (C=O) groups is 1. The molecule has 0 saturated carbocycles. The molecule has 0 atom stereocenters. The fourth-order valence-corrected chi connectivity index (χ4v) is 3.59. The minimum absolute atomic E-state index is 0.0229. The van der Waals surface area contributed by atoms with Crippen LogP contribution in [0.25, 0.3) is 21.7 Å².